The molecule has 148 valence electrons. The number of benzene rings is 1. The highest BCUT2D eigenvalue weighted by Crippen LogP contribution is 2.33. The van der Waals surface area contributed by atoms with Crippen LogP contribution in [0.4, 0.5) is 0 Å². The van der Waals surface area contributed by atoms with Crippen LogP contribution in [0.3, 0.4) is 0 Å². The predicted octanol–water partition coefficient (Wildman–Crippen LogP) is 4.98. The standard InChI is InChI=1S/C21H30N2O2S2/c1-14(2)17-9-11-18(12-10-17)27(24,25)22-20-23(13-16-7-8-16)15(3)19(26-20)21(4,5)6/h9-12,14,16H,7-8,13H2,1-6H3/b22-20-. The number of thiazole rings is 1. The average molecular weight is 407 g/mol. The van der Waals surface area contributed by atoms with Crippen molar-refractivity contribution in [1.29, 1.82) is 0 Å². The molecule has 6 heteroatoms. The van der Waals surface area contributed by atoms with Crippen molar-refractivity contribution in [2.75, 3.05) is 0 Å². The van der Waals surface area contributed by atoms with Crippen LogP contribution < -0.4 is 4.80 Å². The molecule has 0 amide bonds. The van der Waals surface area contributed by atoms with Gasteiger partial charge >= 0.3 is 0 Å². The van der Waals surface area contributed by atoms with Crippen molar-refractivity contribution in [2.45, 2.75) is 77.2 Å². The monoisotopic (exact) mass is 406 g/mol. The molecule has 0 bridgehead atoms. The zero-order valence-electron chi connectivity index (χ0n) is 17.1. The van der Waals surface area contributed by atoms with Gasteiger partial charge in [0.05, 0.1) is 4.90 Å². The zero-order valence-corrected chi connectivity index (χ0v) is 18.7. The molecule has 0 atom stereocenters. The van der Waals surface area contributed by atoms with Gasteiger partial charge in [-0.3, -0.25) is 0 Å². The fourth-order valence-corrected chi connectivity index (χ4v) is 5.61. The Morgan fingerprint density at radius 1 is 1.19 bits per heavy atom. The molecule has 0 aliphatic heterocycles. The lowest BCUT2D eigenvalue weighted by Gasteiger charge is -2.17. The van der Waals surface area contributed by atoms with Gasteiger partial charge in [-0.1, -0.05) is 46.8 Å². The van der Waals surface area contributed by atoms with Crippen LogP contribution in [-0.4, -0.2) is 13.0 Å². The van der Waals surface area contributed by atoms with Gasteiger partial charge in [0.2, 0.25) is 4.80 Å². The van der Waals surface area contributed by atoms with Crippen LogP contribution >= 0.6 is 11.3 Å². The normalized spacial score (nSPS) is 16.3. The minimum Gasteiger partial charge on any atom is -0.320 e. The van der Waals surface area contributed by atoms with Crippen LogP contribution in [0.15, 0.2) is 33.6 Å². The Morgan fingerprint density at radius 3 is 2.26 bits per heavy atom. The summed E-state index contributed by atoms with van der Waals surface area (Å²) in [6, 6.07) is 7.10. The van der Waals surface area contributed by atoms with E-state index in [0.29, 0.717) is 16.6 Å². The number of sulfonamides is 1. The van der Waals surface area contributed by atoms with Gasteiger partial charge in [-0.05, 0) is 54.7 Å². The number of nitrogens with zero attached hydrogens (tertiary/aromatic N) is 2. The van der Waals surface area contributed by atoms with E-state index in [-0.39, 0.29) is 10.3 Å². The molecule has 1 heterocycles. The summed E-state index contributed by atoms with van der Waals surface area (Å²) >= 11 is 1.51. The van der Waals surface area contributed by atoms with Crippen molar-refractivity contribution in [2.24, 2.45) is 10.3 Å². The minimum absolute atomic E-state index is 0.0313. The molecule has 2 aromatic rings. The van der Waals surface area contributed by atoms with Crippen molar-refractivity contribution in [3.8, 4) is 0 Å². The molecular formula is C21H30N2O2S2. The van der Waals surface area contributed by atoms with Crippen LogP contribution in [-0.2, 0) is 22.0 Å². The van der Waals surface area contributed by atoms with Crippen LogP contribution in [0, 0.1) is 12.8 Å². The second-order valence-electron chi connectivity index (χ2n) is 8.89. The summed E-state index contributed by atoms with van der Waals surface area (Å²) in [5.74, 6) is 1.02. The molecule has 0 unspecified atom stereocenters. The second kappa shape index (κ2) is 7.21. The number of hydrogen-bond acceptors (Lipinski definition) is 3. The molecule has 0 N–H and O–H groups in total. The summed E-state index contributed by atoms with van der Waals surface area (Å²) < 4.78 is 32.2. The van der Waals surface area contributed by atoms with Gasteiger partial charge in [-0.2, -0.15) is 8.42 Å². The Bertz CT molecular complexity index is 984. The second-order valence-corrected chi connectivity index (χ2v) is 11.5. The maximum absolute atomic E-state index is 12.9. The van der Waals surface area contributed by atoms with Gasteiger partial charge in [0, 0.05) is 17.1 Å². The molecule has 0 spiro atoms. The topological polar surface area (TPSA) is 51.4 Å². The molecule has 0 radical (unpaired) electrons. The van der Waals surface area contributed by atoms with E-state index in [2.05, 4.69) is 50.5 Å². The lowest BCUT2D eigenvalue weighted by Crippen LogP contribution is -2.20. The molecule has 0 saturated heterocycles. The molecule has 3 rings (SSSR count). The van der Waals surface area contributed by atoms with Crippen molar-refractivity contribution in [1.82, 2.24) is 4.57 Å². The van der Waals surface area contributed by atoms with E-state index in [1.165, 1.54) is 29.1 Å². The van der Waals surface area contributed by atoms with E-state index in [1.54, 1.807) is 12.1 Å². The van der Waals surface area contributed by atoms with E-state index in [9.17, 15) is 8.42 Å². The lowest BCUT2D eigenvalue weighted by molar-refractivity contribution is 0.562. The molecule has 1 fully saturated rings. The molecule has 1 aromatic carbocycles. The maximum Gasteiger partial charge on any atom is 0.285 e. The quantitative estimate of drug-likeness (QED) is 0.703. The van der Waals surface area contributed by atoms with E-state index in [0.717, 1.165) is 17.8 Å². The fourth-order valence-electron chi connectivity index (χ4n) is 3.20. The Kier molecular flexibility index (Phi) is 5.43. The zero-order chi connectivity index (χ0) is 20.0. The lowest BCUT2D eigenvalue weighted by atomic mass is 9.93. The molecule has 27 heavy (non-hydrogen) atoms. The van der Waals surface area contributed by atoms with E-state index in [1.807, 2.05) is 12.1 Å². The van der Waals surface area contributed by atoms with Crippen LogP contribution in [0.2, 0.25) is 0 Å². The first kappa shape index (κ1) is 20.3. The highest BCUT2D eigenvalue weighted by atomic mass is 32.2. The highest BCUT2D eigenvalue weighted by Gasteiger charge is 2.27. The van der Waals surface area contributed by atoms with Crippen molar-refractivity contribution in [3.63, 3.8) is 0 Å². The van der Waals surface area contributed by atoms with Crippen molar-refractivity contribution >= 4 is 21.4 Å². The number of hydrogen-bond donors (Lipinski definition) is 0. The molecule has 4 nitrogen and oxygen atoms in total. The van der Waals surface area contributed by atoms with Crippen LogP contribution in [0.5, 0.6) is 0 Å². The number of rotatable bonds is 5. The fraction of sp³-hybridized carbons (Fsp3) is 0.571. The summed E-state index contributed by atoms with van der Waals surface area (Å²) in [5, 5.41) is 0. The third-order valence-electron chi connectivity index (χ3n) is 5.02. The molecule has 1 saturated carbocycles. The average Bonchev–Trinajstić information content (AvgIpc) is 3.33. The van der Waals surface area contributed by atoms with Gasteiger partial charge in [-0.15, -0.1) is 15.7 Å². The van der Waals surface area contributed by atoms with Gasteiger partial charge in [0.15, 0.2) is 0 Å². The van der Waals surface area contributed by atoms with Gasteiger partial charge in [0.25, 0.3) is 10.0 Å². The Hall–Kier alpha value is -1.40. The molecule has 1 aliphatic carbocycles. The first-order valence-corrected chi connectivity index (χ1v) is 11.9. The smallest absolute Gasteiger partial charge is 0.285 e. The van der Waals surface area contributed by atoms with Crippen molar-refractivity contribution < 1.29 is 8.42 Å². The highest BCUT2D eigenvalue weighted by molar-refractivity contribution is 7.90. The summed E-state index contributed by atoms with van der Waals surface area (Å²) in [5.41, 5.74) is 2.24. The summed E-state index contributed by atoms with van der Waals surface area (Å²) in [4.78, 5) is 2.05. The Balaban J connectivity index is 2.08. The van der Waals surface area contributed by atoms with Gasteiger partial charge in [-0.25, -0.2) is 0 Å². The molecule has 1 aliphatic rings. The first-order valence-electron chi connectivity index (χ1n) is 9.60. The van der Waals surface area contributed by atoms with Gasteiger partial charge in [0.1, 0.15) is 0 Å². The maximum atomic E-state index is 12.9. The SMILES string of the molecule is Cc1c(C(C)(C)C)s/c(=N\S(=O)(=O)c2ccc(C(C)C)cc2)n1CC1CC1. The van der Waals surface area contributed by atoms with E-state index in [4.69, 9.17) is 0 Å². The van der Waals surface area contributed by atoms with E-state index >= 15 is 0 Å². The van der Waals surface area contributed by atoms with E-state index < -0.39 is 10.0 Å². The molecule has 1 aromatic heterocycles. The summed E-state index contributed by atoms with van der Waals surface area (Å²) in [6.07, 6.45) is 2.44. The number of aromatic nitrogens is 1. The Morgan fingerprint density at radius 2 is 1.78 bits per heavy atom. The summed E-state index contributed by atoms with van der Waals surface area (Å²) in [7, 11) is -3.73. The third kappa shape index (κ3) is 4.54. The van der Waals surface area contributed by atoms with Crippen LogP contribution in [0.1, 0.15) is 69.5 Å². The third-order valence-corrected chi connectivity index (χ3v) is 8.02. The first-order chi connectivity index (χ1) is 12.5. The van der Waals surface area contributed by atoms with Gasteiger partial charge < -0.3 is 4.57 Å². The Labute approximate surface area is 167 Å². The predicted molar refractivity (Wildman–Crippen MR) is 112 cm³/mol. The summed E-state index contributed by atoms with van der Waals surface area (Å²) in [6.45, 7) is 13.6. The molecular weight excluding hydrogens is 376 g/mol. The van der Waals surface area contributed by atoms with Crippen LogP contribution in [0.25, 0.3) is 0 Å². The minimum atomic E-state index is -3.73. The van der Waals surface area contributed by atoms with Crippen molar-refractivity contribution in [3.05, 3.63) is 45.2 Å². The largest absolute Gasteiger partial charge is 0.320 e.